The molecule has 3 heterocycles. The Morgan fingerprint density at radius 3 is 2.27 bits per heavy atom. The van der Waals surface area contributed by atoms with Gasteiger partial charge < -0.3 is 4.40 Å². The highest BCUT2D eigenvalue weighted by atomic mass is 14.9. The Kier molecular flexibility index (Phi) is 4.40. The summed E-state index contributed by atoms with van der Waals surface area (Å²) in [5.74, 6) is 0. The van der Waals surface area contributed by atoms with Gasteiger partial charge in [-0.2, -0.15) is 0 Å². The maximum absolute atomic E-state index is 5.08. The van der Waals surface area contributed by atoms with Crippen molar-refractivity contribution in [2.24, 2.45) is 5.41 Å². The molecule has 0 N–H and O–H groups in total. The third-order valence-corrected chi connectivity index (χ3v) is 8.03. The molecular formula is C35H34N2. The fourth-order valence-electron chi connectivity index (χ4n) is 6.59. The molecule has 0 radical (unpaired) electrons. The molecule has 0 bridgehead atoms. The van der Waals surface area contributed by atoms with E-state index in [1.165, 1.54) is 70.9 Å². The Morgan fingerprint density at radius 2 is 1.51 bits per heavy atom. The minimum absolute atomic E-state index is 0.0159. The van der Waals surface area contributed by atoms with E-state index in [-0.39, 0.29) is 10.8 Å². The van der Waals surface area contributed by atoms with Gasteiger partial charge in [0, 0.05) is 27.7 Å². The van der Waals surface area contributed by atoms with E-state index >= 15 is 0 Å². The zero-order valence-corrected chi connectivity index (χ0v) is 23.0. The minimum atomic E-state index is 0.0159. The molecule has 0 aliphatic heterocycles. The van der Waals surface area contributed by atoms with Crippen molar-refractivity contribution in [3.05, 3.63) is 83.6 Å². The van der Waals surface area contributed by atoms with Crippen LogP contribution in [-0.2, 0) is 11.8 Å². The quantitative estimate of drug-likeness (QED) is 0.168. The summed E-state index contributed by atoms with van der Waals surface area (Å²) in [7, 11) is 0. The second kappa shape index (κ2) is 7.22. The molecule has 0 aliphatic carbocycles. The molecule has 0 saturated heterocycles. The minimum Gasteiger partial charge on any atom is -0.308 e. The largest absolute Gasteiger partial charge is 0.308 e. The number of aryl methyl sites for hydroxylation is 1. The van der Waals surface area contributed by atoms with Crippen LogP contribution in [0.4, 0.5) is 0 Å². The van der Waals surface area contributed by atoms with Crippen molar-refractivity contribution in [1.82, 2.24) is 9.38 Å². The number of aromatic nitrogens is 2. The number of hydrogen-bond acceptors (Lipinski definition) is 1. The number of pyridine rings is 2. The van der Waals surface area contributed by atoms with Crippen LogP contribution in [0.25, 0.3) is 59.8 Å². The second-order valence-electron chi connectivity index (χ2n) is 13.2. The summed E-state index contributed by atoms with van der Waals surface area (Å²) in [6.07, 6.45) is 3.00. The molecule has 37 heavy (non-hydrogen) atoms. The standard InChI is InChI=1S/C35H34N2/c1-20-12-13-23-22(16-20)17-25-31-29-21(14-15-36-31)18-27(35(5,6)7)30-24-10-8-9-11-28(24)37(33(29)30)32(25)26(23)19-34(2,3)4/h8-18H,19H2,1-7H3. The smallest absolute Gasteiger partial charge is 0.0823 e. The summed E-state index contributed by atoms with van der Waals surface area (Å²) in [5.41, 5.74) is 9.31. The molecular weight excluding hydrogens is 448 g/mol. The molecule has 2 heteroatoms. The summed E-state index contributed by atoms with van der Waals surface area (Å²) in [6, 6.07) is 22.9. The first-order valence-electron chi connectivity index (χ1n) is 13.5. The summed E-state index contributed by atoms with van der Waals surface area (Å²) < 4.78 is 2.59. The highest BCUT2D eigenvalue weighted by molar-refractivity contribution is 6.29. The third kappa shape index (κ3) is 3.14. The zero-order chi connectivity index (χ0) is 25.9. The highest BCUT2D eigenvalue weighted by Gasteiger charge is 2.28. The van der Waals surface area contributed by atoms with Gasteiger partial charge in [-0.25, -0.2) is 0 Å². The van der Waals surface area contributed by atoms with E-state index in [0.29, 0.717) is 0 Å². The van der Waals surface area contributed by atoms with Crippen molar-refractivity contribution in [3.63, 3.8) is 0 Å². The van der Waals surface area contributed by atoms with E-state index in [0.717, 1.165) is 11.9 Å². The molecule has 4 aromatic carbocycles. The Balaban J connectivity index is 1.89. The molecule has 0 fully saturated rings. The molecule has 0 amide bonds. The van der Waals surface area contributed by atoms with Crippen LogP contribution < -0.4 is 0 Å². The molecule has 0 aliphatic rings. The zero-order valence-electron chi connectivity index (χ0n) is 23.0. The van der Waals surface area contributed by atoms with E-state index in [2.05, 4.69) is 114 Å². The van der Waals surface area contributed by atoms with Gasteiger partial charge in [0.1, 0.15) is 0 Å². The lowest BCUT2D eigenvalue weighted by Crippen LogP contribution is -2.13. The van der Waals surface area contributed by atoms with Crippen molar-refractivity contribution >= 4 is 59.8 Å². The van der Waals surface area contributed by atoms with Gasteiger partial charge in [-0.1, -0.05) is 83.5 Å². The monoisotopic (exact) mass is 482 g/mol. The van der Waals surface area contributed by atoms with E-state index in [1.807, 2.05) is 6.20 Å². The van der Waals surface area contributed by atoms with Crippen LogP contribution in [0.15, 0.2) is 66.9 Å². The maximum Gasteiger partial charge on any atom is 0.0823 e. The lowest BCUT2D eigenvalue weighted by Gasteiger charge is -2.25. The van der Waals surface area contributed by atoms with Gasteiger partial charge in [0.15, 0.2) is 0 Å². The van der Waals surface area contributed by atoms with E-state index < -0.39 is 0 Å². The van der Waals surface area contributed by atoms with Crippen LogP contribution in [-0.4, -0.2) is 9.38 Å². The third-order valence-electron chi connectivity index (χ3n) is 8.03. The van der Waals surface area contributed by atoms with Crippen LogP contribution >= 0.6 is 0 Å². The van der Waals surface area contributed by atoms with Crippen LogP contribution in [0.5, 0.6) is 0 Å². The van der Waals surface area contributed by atoms with Crippen LogP contribution in [0, 0.1) is 12.3 Å². The molecule has 184 valence electrons. The normalized spacial score (nSPS) is 13.4. The number of nitrogens with zero attached hydrogens (tertiary/aromatic N) is 2. The first kappa shape index (κ1) is 22.5. The van der Waals surface area contributed by atoms with Gasteiger partial charge in [0.25, 0.3) is 0 Å². The van der Waals surface area contributed by atoms with Gasteiger partial charge in [-0.15, -0.1) is 0 Å². The van der Waals surface area contributed by atoms with Crippen molar-refractivity contribution in [3.8, 4) is 0 Å². The molecule has 7 rings (SSSR count). The molecule has 3 aromatic heterocycles. The highest BCUT2D eigenvalue weighted by Crippen LogP contribution is 2.47. The average Bonchev–Trinajstić information content (AvgIpc) is 3.17. The fraction of sp³-hybridized carbons (Fsp3) is 0.286. The lowest BCUT2D eigenvalue weighted by atomic mass is 9.82. The number of fused-ring (bicyclic) bond motifs is 7. The molecule has 2 nitrogen and oxygen atoms in total. The molecule has 0 atom stereocenters. The topological polar surface area (TPSA) is 17.3 Å². The van der Waals surface area contributed by atoms with Gasteiger partial charge in [-0.3, -0.25) is 4.98 Å². The maximum atomic E-state index is 5.08. The number of rotatable bonds is 1. The summed E-state index contributed by atoms with van der Waals surface area (Å²) in [4.78, 5) is 5.08. The fourth-order valence-corrected chi connectivity index (χ4v) is 6.59. The molecule has 0 unspecified atom stereocenters. The molecule has 0 saturated carbocycles. The van der Waals surface area contributed by atoms with Gasteiger partial charge >= 0.3 is 0 Å². The van der Waals surface area contributed by atoms with Crippen molar-refractivity contribution < 1.29 is 0 Å². The SMILES string of the molecule is Cc1ccc2c(CC(C)(C)C)c3c(cc2c1)c1nccc2cc(C(C)(C)C)c4c5ccccc5n3c4c21. The summed E-state index contributed by atoms with van der Waals surface area (Å²) >= 11 is 0. The van der Waals surface area contributed by atoms with Crippen molar-refractivity contribution in [2.75, 3.05) is 0 Å². The van der Waals surface area contributed by atoms with Gasteiger partial charge in [0.05, 0.1) is 22.1 Å². The van der Waals surface area contributed by atoms with E-state index in [4.69, 9.17) is 4.98 Å². The van der Waals surface area contributed by atoms with E-state index in [1.54, 1.807) is 0 Å². The Labute approximate surface area is 218 Å². The Morgan fingerprint density at radius 1 is 0.730 bits per heavy atom. The van der Waals surface area contributed by atoms with Gasteiger partial charge in [-0.05, 0) is 75.7 Å². The Bertz CT molecular complexity index is 2020. The first-order valence-corrected chi connectivity index (χ1v) is 13.5. The predicted molar refractivity (Wildman–Crippen MR) is 161 cm³/mol. The number of benzene rings is 4. The Hall–Kier alpha value is -3.65. The van der Waals surface area contributed by atoms with E-state index in [9.17, 15) is 0 Å². The lowest BCUT2D eigenvalue weighted by molar-refractivity contribution is 0.413. The van der Waals surface area contributed by atoms with Crippen molar-refractivity contribution in [2.45, 2.75) is 60.3 Å². The average molecular weight is 483 g/mol. The first-order chi connectivity index (χ1) is 17.5. The number of hydrogen-bond donors (Lipinski definition) is 0. The van der Waals surface area contributed by atoms with Crippen LogP contribution in [0.1, 0.15) is 58.2 Å². The molecule has 0 spiro atoms. The van der Waals surface area contributed by atoms with Crippen LogP contribution in [0.2, 0.25) is 0 Å². The number of para-hydroxylation sites is 1. The van der Waals surface area contributed by atoms with Crippen LogP contribution in [0.3, 0.4) is 0 Å². The second-order valence-corrected chi connectivity index (χ2v) is 13.2. The predicted octanol–water partition coefficient (Wildman–Crippen LogP) is 9.73. The summed E-state index contributed by atoms with van der Waals surface area (Å²) in [5, 5.41) is 9.18. The molecule has 7 aromatic rings. The van der Waals surface area contributed by atoms with Gasteiger partial charge in [0.2, 0.25) is 0 Å². The summed E-state index contributed by atoms with van der Waals surface area (Å²) in [6.45, 7) is 16.2. The van der Waals surface area contributed by atoms with Crippen molar-refractivity contribution in [1.29, 1.82) is 0 Å².